The van der Waals surface area contributed by atoms with Crippen LogP contribution in [-0.4, -0.2) is 205 Å². The third-order valence-corrected chi connectivity index (χ3v) is 23.4. The van der Waals surface area contributed by atoms with E-state index in [0.29, 0.717) is 32.1 Å². The molecule has 26 heteroatoms. The van der Waals surface area contributed by atoms with E-state index < -0.39 is 162 Å². The third-order valence-electron chi connectivity index (χ3n) is 22.4. The molecule has 3 rings (SSSR count). The molecule has 0 aromatic carbocycles. The number of hydrogen-bond acceptors (Lipinski definition) is 24. The molecule has 2 aliphatic heterocycles. The van der Waals surface area contributed by atoms with Crippen molar-refractivity contribution in [2.75, 3.05) is 26.4 Å². The van der Waals surface area contributed by atoms with Gasteiger partial charge in [0.15, 0.2) is 24.8 Å². The number of aliphatic hydroxyl groups is 9. The first-order valence-corrected chi connectivity index (χ1v) is 47.6. The molecular formula is C89H163O25P. The van der Waals surface area contributed by atoms with Gasteiger partial charge in [0.2, 0.25) is 0 Å². The van der Waals surface area contributed by atoms with E-state index in [1.54, 1.807) is 0 Å². The van der Waals surface area contributed by atoms with Crippen LogP contribution < -0.4 is 0 Å². The van der Waals surface area contributed by atoms with Crippen LogP contribution in [0, 0.1) is 0 Å². The number of phosphoric acid groups is 1. The van der Waals surface area contributed by atoms with Crippen LogP contribution in [0.4, 0.5) is 0 Å². The summed E-state index contributed by atoms with van der Waals surface area (Å²) < 4.78 is 73.3. The van der Waals surface area contributed by atoms with Gasteiger partial charge < -0.3 is 88.7 Å². The van der Waals surface area contributed by atoms with Gasteiger partial charge in [-0.05, 0) is 77.0 Å². The molecule has 18 unspecified atom stereocenters. The lowest BCUT2D eigenvalue weighted by atomic mass is 9.84. The van der Waals surface area contributed by atoms with E-state index in [1.165, 1.54) is 154 Å². The highest BCUT2D eigenvalue weighted by Crippen LogP contribution is 2.49. The Morgan fingerprint density at radius 3 is 1.05 bits per heavy atom. The SMILES string of the molecule is CCCCCC/C=C\CCCCCCCCCC(=O)OCC1OC(OC2C(OC(=O)CCCCC/C=C\CCCCCCCC)C(O)C(O)C(OC3OC(CO)C(O)C(O)C3O)C2OP(=O)(O)OCC(COC(=O)CCCCCCCCCCCCCCC)OC(=O)CCCCCCCCCCCCCCCCC)C(O)C(O)C1O. The molecule has 2 heterocycles. The van der Waals surface area contributed by atoms with E-state index in [0.717, 1.165) is 141 Å². The first-order valence-electron chi connectivity index (χ1n) is 46.1. The normalized spacial score (nSPS) is 25.3. The van der Waals surface area contributed by atoms with Crippen LogP contribution in [0.15, 0.2) is 24.3 Å². The lowest BCUT2D eigenvalue weighted by Crippen LogP contribution is -2.70. The van der Waals surface area contributed by atoms with E-state index in [4.69, 9.17) is 46.9 Å². The average Bonchev–Trinajstić information content (AvgIpc) is 0.756. The molecular weight excluding hydrogens is 1500 g/mol. The van der Waals surface area contributed by atoms with Gasteiger partial charge in [0.25, 0.3) is 0 Å². The van der Waals surface area contributed by atoms with Crippen molar-refractivity contribution in [3.05, 3.63) is 24.3 Å². The maximum atomic E-state index is 14.9. The van der Waals surface area contributed by atoms with Crippen LogP contribution in [-0.2, 0) is 70.7 Å². The summed E-state index contributed by atoms with van der Waals surface area (Å²) in [7, 11) is -5.81. The summed E-state index contributed by atoms with van der Waals surface area (Å²) in [5, 5.41) is 102. The molecule has 3 fully saturated rings. The summed E-state index contributed by atoms with van der Waals surface area (Å²) in [6.07, 6.45) is 27.6. The predicted octanol–water partition coefficient (Wildman–Crippen LogP) is 16.5. The molecule has 10 N–H and O–H groups in total. The Kier molecular flexibility index (Phi) is 63.2. The second-order valence-corrected chi connectivity index (χ2v) is 34.2. The highest BCUT2D eigenvalue weighted by molar-refractivity contribution is 7.47. The zero-order chi connectivity index (χ0) is 84.0. The summed E-state index contributed by atoms with van der Waals surface area (Å²) >= 11 is 0. The topological polar surface area (TPSA) is 380 Å². The van der Waals surface area contributed by atoms with Gasteiger partial charge in [-0.3, -0.25) is 28.2 Å². The third kappa shape index (κ3) is 49.0. The maximum Gasteiger partial charge on any atom is 0.472 e. The van der Waals surface area contributed by atoms with Crippen LogP contribution in [0.1, 0.15) is 387 Å². The number of carbonyl (C=O) groups is 4. The van der Waals surface area contributed by atoms with E-state index in [1.807, 2.05) is 0 Å². The van der Waals surface area contributed by atoms with Gasteiger partial charge in [0.1, 0.15) is 92.6 Å². The fraction of sp³-hybridized carbons (Fsp3) is 0.910. The van der Waals surface area contributed by atoms with Crippen LogP contribution in [0.3, 0.4) is 0 Å². The molecule has 115 heavy (non-hydrogen) atoms. The molecule has 674 valence electrons. The Bertz CT molecular complexity index is 2490. The highest BCUT2D eigenvalue weighted by Gasteiger charge is 2.60. The lowest BCUT2D eigenvalue weighted by molar-refractivity contribution is -0.360. The van der Waals surface area contributed by atoms with Crippen molar-refractivity contribution < 1.29 is 122 Å². The van der Waals surface area contributed by atoms with E-state index >= 15 is 0 Å². The molecule has 0 spiro atoms. The van der Waals surface area contributed by atoms with Crippen molar-refractivity contribution in [2.45, 2.75) is 491 Å². The summed E-state index contributed by atoms with van der Waals surface area (Å²) in [5.41, 5.74) is 0. The van der Waals surface area contributed by atoms with Crippen molar-refractivity contribution in [3.63, 3.8) is 0 Å². The fourth-order valence-electron chi connectivity index (χ4n) is 15.1. The van der Waals surface area contributed by atoms with Gasteiger partial charge in [0.05, 0.1) is 13.2 Å². The van der Waals surface area contributed by atoms with Crippen LogP contribution in [0.2, 0.25) is 0 Å². The largest absolute Gasteiger partial charge is 0.472 e. The first kappa shape index (κ1) is 106. The molecule has 0 amide bonds. The van der Waals surface area contributed by atoms with E-state index in [-0.39, 0.29) is 32.1 Å². The second-order valence-electron chi connectivity index (χ2n) is 32.8. The number of ether oxygens (including phenoxy) is 8. The minimum atomic E-state index is -5.81. The Morgan fingerprint density at radius 1 is 0.339 bits per heavy atom. The number of carbonyl (C=O) groups excluding carboxylic acids is 4. The summed E-state index contributed by atoms with van der Waals surface area (Å²) in [6.45, 7) is 5.56. The zero-order valence-electron chi connectivity index (χ0n) is 71.6. The summed E-state index contributed by atoms with van der Waals surface area (Å²) in [6, 6.07) is 0. The highest BCUT2D eigenvalue weighted by atomic mass is 31.2. The second kappa shape index (κ2) is 68.5. The van der Waals surface area contributed by atoms with Crippen molar-refractivity contribution in [1.29, 1.82) is 0 Å². The molecule has 0 aromatic heterocycles. The number of phosphoric ester groups is 1. The standard InChI is InChI=1S/C89H163O25P/c1-5-9-13-17-21-25-29-33-35-39-42-46-50-54-58-62-73(92)106-68-71-77(96)79(98)83(102)89(110-71)113-86-84(111-75(94)64-60-56-52-48-43-38-32-28-24-20-16-12-8-4)80(99)81(100)85(112-88-82(101)78(97)76(95)70(65-90)109-88)87(86)114-115(103,104)107-67-69(66-105-72(91)61-57-53-49-45-41-37-31-27-23-19-15-11-7-3)108-74(93)63-59-55-51-47-44-40-36-34-30-26-22-18-14-10-6-2/h25,29,38,43,69-71,76-90,95-102H,5-24,26-28,30-37,39-42,44-68H2,1-4H3,(H,103,104)/b29-25-,43-38-. The fourth-order valence-corrected chi connectivity index (χ4v) is 16.0. The first-order chi connectivity index (χ1) is 55.7. The molecule has 18 atom stereocenters. The minimum absolute atomic E-state index is 0.00817. The predicted molar refractivity (Wildman–Crippen MR) is 444 cm³/mol. The van der Waals surface area contributed by atoms with Crippen LogP contribution in [0.5, 0.6) is 0 Å². The molecule has 1 saturated carbocycles. The lowest BCUT2D eigenvalue weighted by Gasteiger charge is -2.50. The number of rotatable bonds is 74. The molecule has 1 aliphatic carbocycles. The summed E-state index contributed by atoms with van der Waals surface area (Å²) in [5.74, 6) is -2.98. The molecule has 0 bridgehead atoms. The zero-order valence-corrected chi connectivity index (χ0v) is 72.5. The van der Waals surface area contributed by atoms with Crippen molar-refractivity contribution in [1.82, 2.24) is 0 Å². The van der Waals surface area contributed by atoms with Gasteiger partial charge in [-0.2, -0.15) is 0 Å². The molecule has 3 aliphatic rings. The van der Waals surface area contributed by atoms with Gasteiger partial charge in [0, 0.05) is 25.7 Å². The van der Waals surface area contributed by atoms with Crippen molar-refractivity contribution in [2.24, 2.45) is 0 Å². The Labute approximate surface area is 692 Å². The average molecular weight is 1660 g/mol. The number of unbranched alkanes of at least 4 members (excludes halogenated alkanes) is 46. The maximum absolute atomic E-state index is 14.9. The molecule has 0 aromatic rings. The van der Waals surface area contributed by atoms with Crippen LogP contribution >= 0.6 is 7.82 Å². The number of aliphatic hydroxyl groups excluding tert-OH is 9. The van der Waals surface area contributed by atoms with Crippen molar-refractivity contribution in [3.8, 4) is 0 Å². The van der Waals surface area contributed by atoms with Gasteiger partial charge in [-0.1, -0.05) is 309 Å². The van der Waals surface area contributed by atoms with Gasteiger partial charge >= 0.3 is 31.7 Å². The minimum Gasteiger partial charge on any atom is -0.463 e. The van der Waals surface area contributed by atoms with E-state index in [9.17, 15) is 74.6 Å². The van der Waals surface area contributed by atoms with E-state index in [2.05, 4.69) is 52.0 Å². The Morgan fingerprint density at radius 2 is 0.652 bits per heavy atom. The molecule has 2 saturated heterocycles. The molecule has 0 radical (unpaired) electrons. The Hall–Kier alpha value is -3.05. The number of hydrogen-bond donors (Lipinski definition) is 10. The Balaban J connectivity index is 1.92. The quantitative estimate of drug-likeness (QED) is 0.00889. The number of esters is 4. The molecule has 25 nitrogen and oxygen atoms in total. The monoisotopic (exact) mass is 1660 g/mol. The summed E-state index contributed by atoms with van der Waals surface area (Å²) in [4.78, 5) is 66.3. The van der Waals surface area contributed by atoms with Gasteiger partial charge in [-0.15, -0.1) is 0 Å². The van der Waals surface area contributed by atoms with Gasteiger partial charge in [-0.25, -0.2) is 4.57 Å². The number of allylic oxidation sites excluding steroid dienone is 4. The smallest absolute Gasteiger partial charge is 0.463 e. The van der Waals surface area contributed by atoms with Crippen LogP contribution in [0.25, 0.3) is 0 Å². The van der Waals surface area contributed by atoms with Crippen molar-refractivity contribution >= 4 is 31.7 Å².